The van der Waals surface area contributed by atoms with E-state index in [1.54, 1.807) is 0 Å². The van der Waals surface area contributed by atoms with Gasteiger partial charge in [0.1, 0.15) is 11.6 Å². The van der Waals surface area contributed by atoms with Gasteiger partial charge in [0.05, 0.1) is 11.7 Å². The van der Waals surface area contributed by atoms with Crippen LogP contribution >= 0.6 is 0 Å². The number of hydrazine groups is 1. The Hall–Kier alpha value is -1.36. The maximum absolute atomic E-state index is 5.89. The number of ether oxygens (including phenoxy) is 1. The van der Waals surface area contributed by atoms with Crippen molar-refractivity contribution in [3.8, 4) is 5.88 Å². The molecule has 0 aliphatic heterocycles. The van der Waals surface area contributed by atoms with Crippen LogP contribution in [0.1, 0.15) is 45.5 Å². The summed E-state index contributed by atoms with van der Waals surface area (Å²) in [6, 6.07) is 0. The van der Waals surface area contributed by atoms with Crippen molar-refractivity contribution in [2.24, 2.45) is 11.8 Å². The number of aromatic nitrogens is 2. The molecular weight excluding hydrogens is 228 g/mol. The summed E-state index contributed by atoms with van der Waals surface area (Å²) in [4.78, 5) is 8.83. The molecule has 1 rings (SSSR count). The van der Waals surface area contributed by atoms with Crippen molar-refractivity contribution in [3.63, 3.8) is 0 Å². The summed E-state index contributed by atoms with van der Waals surface area (Å²) in [6.45, 7) is 10.3. The van der Waals surface area contributed by atoms with Gasteiger partial charge in [-0.2, -0.15) is 4.98 Å². The summed E-state index contributed by atoms with van der Waals surface area (Å²) in [5, 5.41) is 0. The Labute approximate surface area is 109 Å². The van der Waals surface area contributed by atoms with Gasteiger partial charge in [-0.15, -0.1) is 0 Å². The van der Waals surface area contributed by atoms with Gasteiger partial charge in [0.25, 0.3) is 0 Å². The van der Waals surface area contributed by atoms with Crippen LogP contribution in [-0.4, -0.2) is 16.1 Å². The van der Waals surface area contributed by atoms with Crippen LogP contribution < -0.4 is 16.0 Å². The molecule has 102 valence electrons. The van der Waals surface area contributed by atoms with E-state index >= 15 is 0 Å². The summed E-state index contributed by atoms with van der Waals surface area (Å²) in [5.41, 5.74) is 3.46. The number of nitrogens with two attached hydrogens (primary N) is 1. The van der Waals surface area contributed by atoms with E-state index in [1.165, 1.54) is 0 Å². The molecule has 1 aromatic rings. The van der Waals surface area contributed by atoms with Gasteiger partial charge in [-0.05, 0) is 26.2 Å². The highest BCUT2D eigenvalue weighted by molar-refractivity contribution is 5.47. The minimum atomic E-state index is 0.110. The fraction of sp³-hybridized carbons (Fsp3) is 0.692. The lowest BCUT2D eigenvalue weighted by molar-refractivity contribution is 0.161. The SMILES string of the molecule is CCCc1nc(NN)c(C)c(OC(C)C(C)C)n1. The fourth-order valence-electron chi connectivity index (χ4n) is 1.44. The molecule has 0 aromatic carbocycles. The second kappa shape index (κ2) is 6.54. The molecule has 0 bridgehead atoms. The molecule has 0 fully saturated rings. The molecule has 0 saturated heterocycles. The molecule has 3 N–H and O–H groups in total. The number of aryl methyl sites for hydroxylation is 1. The first-order valence-corrected chi connectivity index (χ1v) is 6.50. The third kappa shape index (κ3) is 3.57. The molecule has 18 heavy (non-hydrogen) atoms. The van der Waals surface area contributed by atoms with E-state index in [1.807, 2.05) is 13.8 Å². The molecule has 1 atom stereocenters. The minimum absolute atomic E-state index is 0.110. The second-order valence-corrected chi connectivity index (χ2v) is 4.88. The molecule has 1 aromatic heterocycles. The third-order valence-electron chi connectivity index (χ3n) is 2.99. The number of rotatable bonds is 6. The summed E-state index contributed by atoms with van der Waals surface area (Å²) in [6.07, 6.45) is 1.92. The normalized spacial score (nSPS) is 12.6. The largest absolute Gasteiger partial charge is 0.474 e. The zero-order valence-electron chi connectivity index (χ0n) is 11.9. The third-order valence-corrected chi connectivity index (χ3v) is 2.99. The molecular formula is C13H24N4O. The standard InChI is InChI=1S/C13H24N4O/c1-6-7-11-15-12(17-14)9(4)13(16-11)18-10(5)8(2)3/h8,10H,6-7,14H2,1-5H3,(H,15,16,17). The predicted molar refractivity (Wildman–Crippen MR) is 73.5 cm³/mol. The van der Waals surface area contributed by atoms with Crippen LogP contribution in [0.4, 0.5) is 5.82 Å². The van der Waals surface area contributed by atoms with Gasteiger partial charge in [-0.3, -0.25) is 0 Å². The van der Waals surface area contributed by atoms with Crippen LogP contribution in [0.15, 0.2) is 0 Å². The Morgan fingerprint density at radius 2 is 1.94 bits per heavy atom. The number of hydrogen-bond acceptors (Lipinski definition) is 5. The predicted octanol–water partition coefficient (Wildman–Crippen LogP) is 2.45. The second-order valence-electron chi connectivity index (χ2n) is 4.88. The molecule has 0 amide bonds. The van der Waals surface area contributed by atoms with E-state index in [9.17, 15) is 0 Å². The first-order chi connectivity index (χ1) is 8.49. The van der Waals surface area contributed by atoms with Crippen LogP contribution in [0.3, 0.4) is 0 Å². The molecule has 0 spiro atoms. The van der Waals surface area contributed by atoms with E-state index in [0.29, 0.717) is 17.6 Å². The molecule has 0 aliphatic carbocycles. The molecule has 5 nitrogen and oxygen atoms in total. The molecule has 0 saturated carbocycles. The molecule has 5 heteroatoms. The lowest BCUT2D eigenvalue weighted by Gasteiger charge is -2.20. The highest BCUT2D eigenvalue weighted by atomic mass is 16.5. The Morgan fingerprint density at radius 3 is 2.44 bits per heavy atom. The van der Waals surface area contributed by atoms with Crippen LogP contribution in [-0.2, 0) is 6.42 Å². The fourth-order valence-corrected chi connectivity index (χ4v) is 1.44. The highest BCUT2D eigenvalue weighted by Crippen LogP contribution is 2.24. The van der Waals surface area contributed by atoms with Gasteiger partial charge < -0.3 is 10.2 Å². The summed E-state index contributed by atoms with van der Waals surface area (Å²) in [7, 11) is 0. The number of nitrogens with one attached hydrogen (secondary N) is 1. The average Bonchev–Trinajstić information content (AvgIpc) is 2.33. The van der Waals surface area contributed by atoms with Crippen molar-refractivity contribution >= 4 is 5.82 Å². The van der Waals surface area contributed by atoms with E-state index in [0.717, 1.165) is 24.2 Å². The highest BCUT2D eigenvalue weighted by Gasteiger charge is 2.15. The number of nitrogen functional groups attached to an aromatic ring is 1. The van der Waals surface area contributed by atoms with Crippen molar-refractivity contribution in [2.75, 3.05) is 5.43 Å². The Balaban J connectivity index is 3.04. The average molecular weight is 252 g/mol. The Morgan fingerprint density at radius 1 is 1.28 bits per heavy atom. The number of anilines is 1. The van der Waals surface area contributed by atoms with Crippen LogP contribution in [0, 0.1) is 12.8 Å². The number of nitrogens with zero attached hydrogens (tertiary/aromatic N) is 2. The number of hydrogen-bond donors (Lipinski definition) is 2. The minimum Gasteiger partial charge on any atom is -0.474 e. The van der Waals surface area contributed by atoms with Gasteiger partial charge in [0.2, 0.25) is 5.88 Å². The zero-order valence-corrected chi connectivity index (χ0v) is 11.9. The molecule has 0 aliphatic rings. The van der Waals surface area contributed by atoms with E-state index in [-0.39, 0.29) is 6.10 Å². The van der Waals surface area contributed by atoms with E-state index < -0.39 is 0 Å². The zero-order chi connectivity index (χ0) is 13.7. The van der Waals surface area contributed by atoms with Crippen molar-refractivity contribution in [1.82, 2.24) is 9.97 Å². The topological polar surface area (TPSA) is 73.1 Å². The van der Waals surface area contributed by atoms with E-state index in [2.05, 4.69) is 36.2 Å². The first-order valence-electron chi connectivity index (χ1n) is 6.50. The van der Waals surface area contributed by atoms with Crippen LogP contribution in [0.25, 0.3) is 0 Å². The van der Waals surface area contributed by atoms with Gasteiger partial charge in [0, 0.05) is 6.42 Å². The Kier molecular flexibility index (Phi) is 5.34. The van der Waals surface area contributed by atoms with Crippen molar-refractivity contribution in [1.29, 1.82) is 0 Å². The molecule has 1 heterocycles. The molecule has 0 radical (unpaired) electrons. The van der Waals surface area contributed by atoms with Gasteiger partial charge in [0.15, 0.2) is 0 Å². The maximum atomic E-state index is 5.89. The smallest absolute Gasteiger partial charge is 0.222 e. The molecule has 1 unspecified atom stereocenters. The first kappa shape index (κ1) is 14.7. The van der Waals surface area contributed by atoms with Crippen LogP contribution in [0.5, 0.6) is 5.88 Å². The quantitative estimate of drug-likeness (QED) is 0.601. The van der Waals surface area contributed by atoms with E-state index in [4.69, 9.17) is 10.6 Å². The lowest BCUT2D eigenvalue weighted by Crippen LogP contribution is -2.21. The van der Waals surface area contributed by atoms with Gasteiger partial charge in [-0.25, -0.2) is 10.8 Å². The van der Waals surface area contributed by atoms with Crippen molar-refractivity contribution in [3.05, 3.63) is 11.4 Å². The summed E-state index contributed by atoms with van der Waals surface area (Å²) < 4.78 is 5.89. The van der Waals surface area contributed by atoms with Crippen molar-refractivity contribution in [2.45, 2.75) is 53.6 Å². The summed E-state index contributed by atoms with van der Waals surface area (Å²) in [5.74, 6) is 7.94. The summed E-state index contributed by atoms with van der Waals surface area (Å²) >= 11 is 0. The maximum Gasteiger partial charge on any atom is 0.222 e. The van der Waals surface area contributed by atoms with Gasteiger partial charge in [-0.1, -0.05) is 20.8 Å². The monoisotopic (exact) mass is 252 g/mol. The van der Waals surface area contributed by atoms with Crippen molar-refractivity contribution < 1.29 is 4.74 Å². The lowest BCUT2D eigenvalue weighted by atomic mass is 10.1. The van der Waals surface area contributed by atoms with Crippen LogP contribution in [0.2, 0.25) is 0 Å². The Bertz CT molecular complexity index is 393. The van der Waals surface area contributed by atoms with Gasteiger partial charge >= 0.3 is 0 Å².